The normalized spacial score (nSPS) is 19.3. The van der Waals surface area contributed by atoms with Crippen LogP contribution in [0.2, 0.25) is 0 Å². The maximum absolute atomic E-state index is 14.0. The minimum atomic E-state index is -4.74. The van der Waals surface area contributed by atoms with Gasteiger partial charge in [-0.05, 0) is 38.0 Å². The van der Waals surface area contributed by atoms with E-state index in [2.05, 4.69) is 10.4 Å². The van der Waals surface area contributed by atoms with Crippen LogP contribution in [-0.4, -0.2) is 82.9 Å². The van der Waals surface area contributed by atoms with Gasteiger partial charge in [-0.3, -0.25) is 14.4 Å². The number of piperidine rings is 1. The fourth-order valence-corrected chi connectivity index (χ4v) is 5.27. The molecule has 1 saturated heterocycles. The number of amides is 4. The van der Waals surface area contributed by atoms with Crippen molar-refractivity contribution in [3.8, 4) is 5.75 Å². The van der Waals surface area contributed by atoms with Crippen LogP contribution >= 0.6 is 0 Å². The van der Waals surface area contributed by atoms with Gasteiger partial charge in [0.1, 0.15) is 29.4 Å². The number of carbonyl (C=O) groups excluding carboxylic acids is 3. The summed E-state index contributed by atoms with van der Waals surface area (Å²) in [4.78, 5) is 53.1. The first-order valence-electron chi connectivity index (χ1n) is 13.4. The largest absolute Gasteiger partial charge is 0.490 e. The second kappa shape index (κ2) is 11.9. The molecule has 0 unspecified atom stereocenters. The minimum absolute atomic E-state index is 0.0923. The molecule has 2 aliphatic heterocycles. The summed E-state index contributed by atoms with van der Waals surface area (Å²) < 4.78 is 46.2. The fourth-order valence-electron chi connectivity index (χ4n) is 5.27. The van der Waals surface area contributed by atoms with Crippen LogP contribution in [0, 0.1) is 5.41 Å². The van der Waals surface area contributed by atoms with Gasteiger partial charge >= 0.3 is 12.3 Å². The summed E-state index contributed by atoms with van der Waals surface area (Å²) in [6.45, 7) is 1.87. The summed E-state index contributed by atoms with van der Waals surface area (Å²) in [7, 11) is 1.53. The zero-order valence-corrected chi connectivity index (χ0v) is 23.8. The van der Waals surface area contributed by atoms with Crippen LogP contribution < -0.4 is 15.4 Å². The molecule has 0 radical (unpaired) electrons. The zero-order chi connectivity index (χ0) is 31.6. The maximum Gasteiger partial charge on any atom is 0.419 e. The lowest BCUT2D eigenvalue weighted by Crippen LogP contribution is -2.63. The molecule has 2 atom stereocenters. The smallest absolute Gasteiger partial charge is 0.419 e. The van der Waals surface area contributed by atoms with E-state index in [-0.39, 0.29) is 31.8 Å². The molecule has 0 spiro atoms. The third-order valence-electron chi connectivity index (χ3n) is 7.45. The molecule has 11 nitrogen and oxygen atoms in total. The Balaban J connectivity index is 1.63. The van der Waals surface area contributed by atoms with Crippen molar-refractivity contribution in [2.24, 2.45) is 10.5 Å². The van der Waals surface area contributed by atoms with Crippen molar-refractivity contribution < 1.29 is 42.2 Å². The van der Waals surface area contributed by atoms with Crippen LogP contribution in [0.3, 0.4) is 0 Å². The number of rotatable bonds is 9. The van der Waals surface area contributed by atoms with E-state index in [0.717, 1.165) is 17.7 Å². The van der Waals surface area contributed by atoms with Crippen LogP contribution in [0.5, 0.6) is 5.75 Å². The summed E-state index contributed by atoms with van der Waals surface area (Å²) in [6.07, 6.45) is -5.73. The molecule has 43 heavy (non-hydrogen) atoms. The molecule has 2 aromatic rings. The van der Waals surface area contributed by atoms with Crippen molar-refractivity contribution >= 4 is 29.5 Å². The Morgan fingerprint density at radius 1 is 1.09 bits per heavy atom. The number of benzene rings is 2. The Kier molecular flexibility index (Phi) is 8.69. The minimum Gasteiger partial charge on any atom is -0.490 e. The number of nitrogens with one attached hydrogen (secondary N) is 2. The SMILES string of the molecule is CN1N=C2CCN(C(=O)[C@@H](COc3ccccc3C(F)(F)F)NC(=O)C(C)(C)NC(=O)O)C[C@@]2(Cc2ccccc2)C1=O. The van der Waals surface area contributed by atoms with Gasteiger partial charge in [-0.25, -0.2) is 9.80 Å². The number of para-hydroxylation sites is 1. The van der Waals surface area contributed by atoms with Crippen LogP contribution in [0.25, 0.3) is 0 Å². The number of halogens is 3. The Bertz CT molecular complexity index is 1430. The van der Waals surface area contributed by atoms with Crippen molar-refractivity contribution in [2.75, 3.05) is 26.7 Å². The highest BCUT2D eigenvalue weighted by Crippen LogP contribution is 2.39. The first-order chi connectivity index (χ1) is 20.1. The van der Waals surface area contributed by atoms with Crippen molar-refractivity contribution in [1.82, 2.24) is 20.5 Å². The Morgan fingerprint density at radius 3 is 2.40 bits per heavy atom. The molecule has 0 aliphatic carbocycles. The van der Waals surface area contributed by atoms with Gasteiger partial charge in [0.25, 0.3) is 5.91 Å². The number of fused-ring (bicyclic) bond motifs is 1. The Labute approximate surface area is 245 Å². The number of hydrogen-bond donors (Lipinski definition) is 3. The lowest BCUT2D eigenvalue weighted by molar-refractivity contribution is -0.143. The first kappa shape index (κ1) is 31.3. The van der Waals surface area contributed by atoms with Crippen molar-refractivity contribution in [2.45, 2.75) is 44.4 Å². The van der Waals surface area contributed by atoms with Gasteiger partial charge in [0.15, 0.2) is 0 Å². The highest BCUT2D eigenvalue weighted by Gasteiger charge is 2.54. The number of ether oxygens (including phenoxy) is 1. The molecular formula is C29H32F3N5O6. The van der Waals surface area contributed by atoms with Crippen molar-refractivity contribution in [3.63, 3.8) is 0 Å². The topological polar surface area (TPSA) is 141 Å². The number of nitrogens with zero attached hydrogens (tertiary/aromatic N) is 3. The molecule has 2 heterocycles. The van der Waals surface area contributed by atoms with Gasteiger partial charge < -0.3 is 25.4 Å². The van der Waals surface area contributed by atoms with Crippen LogP contribution in [0.15, 0.2) is 59.7 Å². The monoisotopic (exact) mass is 603 g/mol. The van der Waals surface area contributed by atoms with E-state index in [1.165, 1.54) is 42.9 Å². The molecule has 2 aromatic carbocycles. The highest BCUT2D eigenvalue weighted by molar-refractivity contribution is 6.13. The number of alkyl halides is 3. The molecule has 230 valence electrons. The standard InChI is InChI=1S/C29H32F3N5O6/c1-27(2,34-26(41)42)24(39)33-20(16-43-21-12-8-7-11-19(21)29(30,31)32)23(38)37-14-13-22-28(17-37,25(40)36(3)35-22)15-18-9-5-4-6-10-18/h4-12,20,34H,13-17H2,1-3H3,(H,33,39)(H,41,42)/t20-,28-/m1/s1. The third-order valence-corrected chi connectivity index (χ3v) is 7.45. The van der Waals surface area contributed by atoms with E-state index in [0.29, 0.717) is 5.71 Å². The van der Waals surface area contributed by atoms with Gasteiger partial charge in [-0.1, -0.05) is 42.5 Å². The van der Waals surface area contributed by atoms with Gasteiger partial charge in [0.05, 0.1) is 11.3 Å². The molecule has 4 rings (SSSR count). The summed E-state index contributed by atoms with van der Waals surface area (Å²) in [5.41, 5.74) is -2.50. The van der Waals surface area contributed by atoms with Crippen LogP contribution in [-0.2, 0) is 27.0 Å². The molecule has 2 aliphatic rings. The fraction of sp³-hybridized carbons (Fsp3) is 0.414. The summed E-state index contributed by atoms with van der Waals surface area (Å²) >= 11 is 0. The van der Waals surface area contributed by atoms with E-state index in [9.17, 15) is 32.3 Å². The number of carboxylic acid groups (broad SMARTS) is 1. The lowest BCUT2D eigenvalue weighted by atomic mass is 9.73. The number of hydrazone groups is 1. The van der Waals surface area contributed by atoms with Gasteiger partial charge in [-0.15, -0.1) is 0 Å². The number of likely N-dealkylation sites (tertiary alicyclic amines) is 1. The highest BCUT2D eigenvalue weighted by atomic mass is 19.4. The lowest BCUT2D eigenvalue weighted by Gasteiger charge is -2.41. The molecule has 1 fully saturated rings. The van der Waals surface area contributed by atoms with E-state index in [1.807, 2.05) is 35.6 Å². The van der Waals surface area contributed by atoms with E-state index in [4.69, 9.17) is 9.84 Å². The van der Waals surface area contributed by atoms with Crippen LogP contribution in [0.4, 0.5) is 18.0 Å². The molecule has 4 amide bonds. The average molecular weight is 604 g/mol. The molecule has 0 bridgehead atoms. The Morgan fingerprint density at radius 2 is 1.74 bits per heavy atom. The summed E-state index contributed by atoms with van der Waals surface area (Å²) in [5.74, 6) is -2.48. The summed E-state index contributed by atoms with van der Waals surface area (Å²) in [6, 6.07) is 12.1. The number of carbonyl (C=O) groups is 4. The Hall–Kier alpha value is -4.62. The predicted octanol–water partition coefficient (Wildman–Crippen LogP) is 2.90. The van der Waals surface area contributed by atoms with Crippen LogP contribution in [0.1, 0.15) is 31.4 Å². The number of hydrogen-bond acceptors (Lipinski definition) is 6. The van der Waals surface area contributed by atoms with E-state index in [1.54, 1.807) is 0 Å². The van der Waals surface area contributed by atoms with Gasteiger partial charge in [0.2, 0.25) is 11.8 Å². The van der Waals surface area contributed by atoms with Gasteiger partial charge in [-0.2, -0.15) is 18.3 Å². The molecular weight excluding hydrogens is 571 g/mol. The first-order valence-corrected chi connectivity index (χ1v) is 13.4. The second-order valence-corrected chi connectivity index (χ2v) is 11.0. The molecule has 0 saturated carbocycles. The van der Waals surface area contributed by atoms with E-state index >= 15 is 0 Å². The van der Waals surface area contributed by atoms with Crippen molar-refractivity contribution in [3.05, 3.63) is 65.7 Å². The van der Waals surface area contributed by atoms with Crippen molar-refractivity contribution in [1.29, 1.82) is 0 Å². The zero-order valence-electron chi connectivity index (χ0n) is 23.8. The molecule has 14 heteroatoms. The molecule has 0 aromatic heterocycles. The quantitative estimate of drug-likeness (QED) is 0.403. The average Bonchev–Trinajstić information content (AvgIpc) is 3.18. The maximum atomic E-state index is 14.0. The van der Waals surface area contributed by atoms with E-state index < -0.39 is 59.0 Å². The third kappa shape index (κ3) is 6.73. The van der Waals surface area contributed by atoms with Gasteiger partial charge in [0, 0.05) is 26.6 Å². The summed E-state index contributed by atoms with van der Waals surface area (Å²) in [5, 5.41) is 19.3. The molecule has 3 N–H and O–H groups in total. The predicted molar refractivity (Wildman–Crippen MR) is 148 cm³/mol. The second-order valence-electron chi connectivity index (χ2n) is 11.0.